The lowest BCUT2D eigenvalue weighted by Crippen LogP contribution is -2.28. The van der Waals surface area contributed by atoms with Crippen molar-refractivity contribution in [3.63, 3.8) is 0 Å². The minimum Gasteiger partial charge on any atom is -0.382 e. The number of hydrogen-bond donors (Lipinski definition) is 3. The van der Waals surface area contributed by atoms with E-state index in [2.05, 4.69) is 25.8 Å². The fraction of sp³-hybridized carbons (Fsp3) is 0.167. The third-order valence-electron chi connectivity index (χ3n) is 3.59. The molecule has 1 aromatic carbocycles. The number of aryl methyl sites for hydroxylation is 1. The summed E-state index contributed by atoms with van der Waals surface area (Å²) in [6.07, 6.45) is 5.02. The number of hydrogen-bond acceptors (Lipinski definition) is 4. The summed E-state index contributed by atoms with van der Waals surface area (Å²) < 4.78 is 0. The topological polar surface area (TPSA) is 82.7 Å². The van der Waals surface area contributed by atoms with Gasteiger partial charge in [0.15, 0.2) is 0 Å². The molecule has 0 saturated heterocycles. The Morgan fingerprint density at radius 1 is 1.17 bits per heavy atom. The summed E-state index contributed by atoms with van der Waals surface area (Å²) in [5, 5.41) is 13.0. The zero-order chi connectivity index (χ0) is 16.8. The molecule has 0 radical (unpaired) electrons. The fourth-order valence-corrected chi connectivity index (χ4v) is 2.42. The van der Waals surface area contributed by atoms with Crippen LogP contribution in [0.1, 0.15) is 15.9 Å². The molecular formula is C18H19N5O. The molecular weight excluding hydrogens is 302 g/mol. The number of nitrogens with zero attached hydrogens (tertiary/aromatic N) is 2. The highest BCUT2D eigenvalue weighted by molar-refractivity contribution is 5.99. The molecule has 0 spiro atoms. The zero-order valence-corrected chi connectivity index (χ0v) is 13.4. The normalized spacial score (nSPS) is 10.4. The van der Waals surface area contributed by atoms with Gasteiger partial charge in [0, 0.05) is 31.0 Å². The van der Waals surface area contributed by atoms with Gasteiger partial charge in [-0.2, -0.15) is 5.10 Å². The maximum atomic E-state index is 12.4. The number of anilines is 1. The Balaban J connectivity index is 1.59. The molecule has 24 heavy (non-hydrogen) atoms. The first-order valence-electron chi connectivity index (χ1n) is 7.76. The minimum absolute atomic E-state index is 0.145. The van der Waals surface area contributed by atoms with Crippen molar-refractivity contribution in [1.29, 1.82) is 0 Å². The fourth-order valence-electron chi connectivity index (χ4n) is 2.42. The van der Waals surface area contributed by atoms with Crippen molar-refractivity contribution < 1.29 is 4.79 Å². The van der Waals surface area contributed by atoms with Crippen LogP contribution in [0, 0.1) is 6.92 Å². The molecule has 0 atom stereocenters. The highest BCUT2D eigenvalue weighted by atomic mass is 16.1. The van der Waals surface area contributed by atoms with Crippen LogP contribution in [0.2, 0.25) is 0 Å². The highest BCUT2D eigenvalue weighted by Gasteiger charge is 2.14. The molecule has 1 amide bonds. The lowest BCUT2D eigenvalue weighted by Gasteiger charge is -2.08. The van der Waals surface area contributed by atoms with Crippen molar-refractivity contribution in [2.24, 2.45) is 0 Å². The van der Waals surface area contributed by atoms with Crippen molar-refractivity contribution in [3.05, 3.63) is 66.1 Å². The standard InChI is InChI=1S/C18H19N5O/c1-13-4-2-5-14(10-13)17-16(12-22-23-17)18(24)21-9-8-20-15-6-3-7-19-11-15/h2-7,10-12,20H,8-9H2,1H3,(H,21,24)(H,22,23). The van der Waals surface area contributed by atoms with E-state index < -0.39 is 0 Å². The van der Waals surface area contributed by atoms with Crippen LogP contribution in [0.25, 0.3) is 11.3 Å². The Kier molecular flexibility index (Phi) is 4.86. The van der Waals surface area contributed by atoms with E-state index in [1.807, 2.05) is 43.3 Å². The number of nitrogens with one attached hydrogen (secondary N) is 3. The molecule has 6 nitrogen and oxygen atoms in total. The molecule has 0 aliphatic rings. The van der Waals surface area contributed by atoms with Gasteiger partial charge in [-0.1, -0.05) is 23.8 Å². The Labute approximate surface area is 140 Å². The quantitative estimate of drug-likeness (QED) is 0.610. The van der Waals surface area contributed by atoms with Gasteiger partial charge in [0.1, 0.15) is 0 Å². The summed E-state index contributed by atoms with van der Waals surface area (Å²) in [5.74, 6) is -0.145. The number of benzene rings is 1. The second kappa shape index (κ2) is 7.41. The van der Waals surface area contributed by atoms with Gasteiger partial charge in [-0.15, -0.1) is 0 Å². The van der Waals surface area contributed by atoms with Gasteiger partial charge in [-0.05, 0) is 25.1 Å². The van der Waals surface area contributed by atoms with E-state index in [4.69, 9.17) is 0 Å². The molecule has 3 N–H and O–H groups in total. The second-order valence-corrected chi connectivity index (χ2v) is 5.45. The molecule has 0 saturated carbocycles. The first-order valence-corrected chi connectivity index (χ1v) is 7.76. The van der Waals surface area contributed by atoms with Crippen molar-refractivity contribution >= 4 is 11.6 Å². The van der Waals surface area contributed by atoms with Gasteiger partial charge in [0.2, 0.25) is 0 Å². The Morgan fingerprint density at radius 2 is 2.08 bits per heavy atom. The molecule has 0 unspecified atom stereocenters. The largest absolute Gasteiger partial charge is 0.382 e. The summed E-state index contributed by atoms with van der Waals surface area (Å²) >= 11 is 0. The third kappa shape index (κ3) is 3.78. The summed E-state index contributed by atoms with van der Waals surface area (Å²) in [4.78, 5) is 16.4. The number of H-pyrrole nitrogens is 1. The van der Waals surface area contributed by atoms with Crippen LogP contribution < -0.4 is 10.6 Å². The van der Waals surface area contributed by atoms with Crippen LogP contribution in [0.15, 0.2) is 55.0 Å². The number of aromatic amines is 1. The maximum Gasteiger partial charge on any atom is 0.255 e. The first kappa shape index (κ1) is 15.7. The van der Waals surface area contributed by atoms with E-state index in [0.29, 0.717) is 18.7 Å². The van der Waals surface area contributed by atoms with Gasteiger partial charge in [0.25, 0.3) is 5.91 Å². The summed E-state index contributed by atoms with van der Waals surface area (Å²) in [7, 11) is 0. The van der Waals surface area contributed by atoms with Crippen LogP contribution in [0.5, 0.6) is 0 Å². The molecule has 2 aromatic heterocycles. The summed E-state index contributed by atoms with van der Waals surface area (Å²) in [6.45, 7) is 3.14. The average Bonchev–Trinajstić information content (AvgIpc) is 3.09. The van der Waals surface area contributed by atoms with Crippen molar-refractivity contribution in [3.8, 4) is 11.3 Å². The first-order chi connectivity index (χ1) is 11.7. The molecule has 6 heteroatoms. The minimum atomic E-state index is -0.145. The summed E-state index contributed by atoms with van der Waals surface area (Å²) in [6, 6.07) is 11.8. The van der Waals surface area contributed by atoms with Crippen molar-refractivity contribution in [2.45, 2.75) is 6.92 Å². The van der Waals surface area contributed by atoms with E-state index in [9.17, 15) is 4.79 Å². The molecule has 3 aromatic rings. The lowest BCUT2D eigenvalue weighted by molar-refractivity contribution is 0.0956. The Bertz CT molecular complexity index is 813. The lowest BCUT2D eigenvalue weighted by atomic mass is 10.1. The van der Waals surface area contributed by atoms with Crippen LogP contribution in [-0.2, 0) is 0 Å². The van der Waals surface area contributed by atoms with Crippen LogP contribution in [0.3, 0.4) is 0 Å². The Hall–Kier alpha value is -3.15. The van der Waals surface area contributed by atoms with E-state index in [-0.39, 0.29) is 5.91 Å². The van der Waals surface area contributed by atoms with Crippen LogP contribution in [0.4, 0.5) is 5.69 Å². The van der Waals surface area contributed by atoms with Gasteiger partial charge in [-0.3, -0.25) is 14.9 Å². The highest BCUT2D eigenvalue weighted by Crippen LogP contribution is 2.21. The molecule has 3 rings (SSSR count). The molecule has 2 heterocycles. The molecule has 0 aliphatic carbocycles. The third-order valence-corrected chi connectivity index (χ3v) is 3.59. The molecule has 122 valence electrons. The average molecular weight is 321 g/mol. The van der Waals surface area contributed by atoms with E-state index in [0.717, 1.165) is 22.5 Å². The number of aromatic nitrogens is 3. The number of amides is 1. The van der Waals surface area contributed by atoms with Crippen molar-refractivity contribution in [1.82, 2.24) is 20.5 Å². The van der Waals surface area contributed by atoms with E-state index in [1.54, 1.807) is 18.6 Å². The van der Waals surface area contributed by atoms with Crippen LogP contribution >= 0.6 is 0 Å². The van der Waals surface area contributed by atoms with Gasteiger partial charge in [-0.25, -0.2) is 0 Å². The number of rotatable bonds is 6. The SMILES string of the molecule is Cc1cccc(-c2[nH]ncc2C(=O)NCCNc2cccnc2)c1. The van der Waals surface area contributed by atoms with Gasteiger partial charge < -0.3 is 10.6 Å². The van der Waals surface area contributed by atoms with Crippen LogP contribution in [-0.4, -0.2) is 34.2 Å². The predicted octanol–water partition coefficient (Wildman–Crippen LogP) is 2.62. The number of carbonyl (C=O) groups excluding carboxylic acids is 1. The maximum absolute atomic E-state index is 12.4. The predicted molar refractivity (Wildman–Crippen MR) is 93.8 cm³/mol. The van der Waals surface area contributed by atoms with Gasteiger partial charge >= 0.3 is 0 Å². The molecule has 0 bridgehead atoms. The smallest absolute Gasteiger partial charge is 0.255 e. The van der Waals surface area contributed by atoms with Crippen molar-refractivity contribution in [2.75, 3.05) is 18.4 Å². The zero-order valence-electron chi connectivity index (χ0n) is 13.4. The molecule has 0 aliphatic heterocycles. The number of pyridine rings is 1. The van der Waals surface area contributed by atoms with E-state index >= 15 is 0 Å². The van der Waals surface area contributed by atoms with E-state index in [1.165, 1.54) is 0 Å². The number of carbonyl (C=O) groups is 1. The molecule has 0 fully saturated rings. The van der Waals surface area contributed by atoms with Gasteiger partial charge in [0.05, 0.1) is 23.1 Å². The summed E-state index contributed by atoms with van der Waals surface area (Å²) in [5.41, 5.74) is 4.29. The monoisotopic (exact) mass is 321 g/mol. The Morgan fingerprint density at radius 3 is 2.88 bits per heavy atom. The second-order valence-electron chi connectivity index (χ2n) is 5.45.